The van der Waals surface area contributed by atoms with Gasteiger partial charge in [-0.3, -0.25) is 0 Å². The van der Waals surface area contributed by atoms with Gasteiger partial charge >= 0.3 is 0 Å². The molecule has 0 saturated heterocycles. The van der Waals surface area contributed by atoms with Gasteiger partial charge in [-0.25, -0.2) is 9.97 Å². The molecule has 0 spiro atoms. The Morgan fingerprint density at radius 3 is 2.83 bits per heavy atom. The van der Waals surface area contributed by atoms with Crippen LogP contribution in [0.3, 0.4) is 0 Å². The number of halogens is 1. The topological polar surface area (TPSA) is 37.8 Å². The Morgan fingerprint density at radius 2 is 2.09 bits per heavy atom. The molecular formula is C19H22BrN3. The van der Waals surface area contributed by atoms with Crippen molar-refractivity contribution in [1.82, 2.24) is 9.97 Å². The van der Waals surface area contributed by atoms with E-state index in [-0.39, 0.29) is 0 Å². The Morgan fingerprint density at radius 1 is 1.26 bits per heavy atom. The summed E-state index contributed by atoms with van der Waals surface area (Å²) in [5.41, 5.74) is 3.43. The van der Waals surface area contributed by atoms with Crippen molar-refractivity contribution in [1.29, 1.82) is 0 Å². The van der Waals surface area contributed by atoms with Gasteiger partial charge in [0.2, 0.25) is 0 Å². The van der Waals surface area contributed by atoms with Gasteiger partial charge in [0.05, 0.1) is 5.52 Å². The highest BCUT2D eigenvalue weighted by Gasteiger charge is 2.04. The van der Waals surface area contributed by atoms with Crippen LogP contribution in [0.5, 0.6) is 0 Å². The third-order valence-corrected chi connectivity index (χ3v) is 4.01. The van der Waals surface area contributed by atoms with Gasteiger partial charge in [0.15, 0.2) is 0 Å². The van der Waals surface area contributed by atoms with Crippen LogP contribution in [0.1, 0.15) is 27.2 Å². The molecule has 1 N–H and O–H groups in total. The largest absolute Gasteiger partial charge is 0.365 e. The zero-order valence-electron chi connectivity index (χ0n) is 13.8. The summed E-state index contributed by atoms with van der Waals surface area (Å²) in [5.74, 6) is 0.852. The molecule has 120 valence electrons. The van der Waals surface area contributed by atoms with Crippen molar-refractivity contribution in [2.75, 3.05) is 11.9 Å². The van der Waals surface area contributed by atoms with Crippen LogP contribution in [-0.4, -0.2) is 16.5 Å². The van der Waals surface area contributed by atoms with Crippen LogP contribution >= 0.6 is 15.9 Å². The number of hydrogen-bond acceptors (Lipinski definition) is 3. The summed E-state index contributed by atoms with van der Waals surface area (Å²) in [6.07, 6.45) is 11.3. The zero-order valence-corrected chi connectivity index (χ0v) is 15.4. The van der Waals surface area contributed by atoms with Gasteiger partial charge in [0, 0.05) is 16.4 Å². The molecule has 1 heterocycles. The number of fused-ring (bicyclic) bond motifs is 1. The molecule has 2 aromatic rings. The molecule has 0 radical (unpaired) electrons. The minimum atomic E-state index is 0.727. The van der Waals surface area contributed by atoms with Gasteiger partial charge < -0.3 is 5.32 Å². The Hall–Kier alpha value is -1.94. The molecular weight excluding hydrogens is 350 g/mol. The minimum absolute atomic E-state index is 0.727. The highest BCUT2D eigenvalue weighted by molar-refractivity contribution is 9.10. The lowest BCUT2D eigenvalue weighted by Gasteiger charge is -2.09. The van der Waals surface area contributed by atoms with Crippen LogP contribution in [0, 0.1) is 0 Å². The third-order valence-electron chi connectivity index (χ3n) is 3.51. The van der Waals surface area contributed by atoms with Gasteiger partial charge in [-0.2, -0.15) is 0 Å². The molecule has 0 atom stereocenters. The summed E-state index contributed by atoms with van der Waals surface area (Å²) in [6.45, 7) is 7.05. The lowest BCUT2D eigenvalue weighted by molar-refractivity contribution is 1.16. The van der Waals surface area contributed by atoms with E-state index in [9.17, 15) is 0 Å². The fourth-order valence-electron chi connectivity index (χ4n) is 2.24. The summed E-state index contributed by atoms with van der Waals surface area (Å²) >= 11 is 3.50. The summed E-state index contributed by atoms with van der Waals surface area (Å²) in [4.78, 5) is 8.68. The van der Waals surface area contributed by atoms with Gasteiger partial charge in [-0.1, -0.05) is 52.7 Å². The fraction of sp³-hybridized carbons (Fsp3) is 0.263. The van der Waals surface area contributed by atoms with E-state index >= 15 is 0 Å². The number of rotatable bonds is 6. The minimum Gasteiger partial charge on any atom is -0.365 e. The predicted octanol–water partition coefficient (Wildman–Crippen LogP) is 5.66. The van der Waals surface area contributed by atoms with Gasteiger partial charge in [-0.05, 0) is 44.0 Å². The number of benzene rings is 1. The standard InChI is InChI=1S/C19H22BrN3/c1-4-6-14(3)7-8-15(5-2)12-21-19-17-11-16(20)9-10-18(17)22-13-23-19/h5-11,13H,4,12H2,1-3H3,(H,21,22,23)/b8-7-,14-6+,15-5+. The van der Waals surface area contributed by atoms with E-state index in [0.717, 1.165) is 34.2 Å². The molecule has 2 rings (SSSR count). The summed E-state index contributed by atoms with van der Waals surface area (Å²) in [5, 5.41) is 4.43. The molecule has 0 amide bonds. The summed E-state index contributed by atoms with van der Waals surface area (Å²) in [6, 6.07) is 6.01. The first kappa shape index (κ1) is 17.4. The lowest BCUT2D eigenvalue weighted by atomic mass is 10.1. The molecule has 0 unspecified atom stereocenters. The highest BCUT2D eigenvalue weighted by Crippen LogP contribution is 2.23. The van der Waals surface area contributed by atoms with Gasteiger partial charge in [-0.15, -0.1) is 0 Å². The van der Waals surface area contributed by atoms with E-state index in [0.29, 0.717) is 0 Å². The smallest absolute Gasteiger partial charge is 0.137 e. The molecule has 3 nitrogen and oxygen atoms in total. The third kappa shape index (κ3) is 5.03. The molecule has 0 fully saturated rings. The Labute approximate surface area is 146 Å². The van der Waals surface area contributed by atoms with Crippen molar-refractivity contribution < 1.29 is 0 Å². The number of allylic oxidation sites excluding steroid dienone is 4. The number of hydrogen-bond donors (Lipinski definition) is 1. The maximum atomic E-state index is 4.37. The van der Waals surface area contributed by atoms with Crippen molar-refractivity contribution >= 4 is 32.7 Å². The second-order valence-electron chi connectivity index (χ2n) is 5.29. The molecule has 0 aliphatic rings. The molecule has 0 bridgehead atoms. The van der Waals surface area contributed by atoms with Crippen molar-refractivity contribution in [2.45, 2.75) is 27.2 Å². The molecule has 1 aromatic carbocycles. The molecule has 23 heavy (non-hydrogen) atoms. The number of nitrogens with zero attached hydrogens (tertiary/aromatic N) is 2. The van der Waals surface area contributed by atoms with Crippen LogP contribution < -0.4 is 5.32 Å². The molecule has 0 saturated carbocycles. The average molecular weight is 372 g/mol. The van der Waals surface area contributed by atoms with Crippen molar-refractivity contribution in [3.8, 4) is 0 Å². The molecule has 4 heteroatoms. The van der Waals surface area contributed by atoms with Crippen LogP contribution in [0.4, 0.5) is 5.82 Å². The quantitative estimate of drug-likeness (QED) is 0.665. The number of nitrogens with one attached hydrogen (secondary N) is 1. The first-order valence-electron chi connectivity index (χ1n) is 7.78. The van der Waals surface area contributed by atoms with Crippen LogP contribution in [-0.2, 0) is 0 Å². The second-order valence-corrected chi connectivity index (χ2v) is 6.21. The summed E-state index contributed by atoms with van der Waals surface area (Å²) < 4.78 is 1.02. The van der Waals surface area contributed by atoms with Crippen molar-refractivity contribution in [3.05, 3.63) is 64.4 Å². The summed E-state index contributed by atoms with van der Waals surface area (Å²) in [7, 11) is 0. The molecule has 0 aliphatic heterocycles. The van der Waals surface area contributed by atoms with E-state index in [1.807, 2.05) is 18.2 Å². The number of anilines is 1. The normalized spacial score (nSPS) is 13.0. The van der Waals surface area contributed by atoms with E-state index in [1.54, 1.807) is 6.33 Å². The van der Waals surface area contributed by atoms with Crippen LogP contribution in [0.25, 0.3) is 10.9 Å². The van der Waals surface area contributed by atoms with Crippen LogP contribution in [0.15, 0.2) is 64.4 Å². The number of aromatic nitrogens is 2. The van der Waals surface area contributed by atoms with Crippen molar-refractivity contribution in [2.24, 2.45) is 0 Å². The Kier molecular flexibility index (Phi) is 6.53. The predicted molar refractivity (Wildman–Crippen MR) is 103 cm³/mol. The zero-order chi connectivity index (χ0) is 16.7. The lowest BCUT2D eigenvalue weighted by Crippen LogP contribution is -2.06. The fourth-order valence-corrected chi connectivity index (χ4v) is 2.60. The highest BCUT2D eigenvalue weighted by atomic mass is 79.9. The van der Waals surface area contributed by atoms with Crippen molar-refractivity contribution in [3.63, 3.8) is 0 Å². The van der Waals surface area contributed by atoms with E-state index in [4.69, 9.17) is 0 Å². The molecule has 1 aromatic heterocycles. The SMILES string of the molecule is C\C=C(/C=C\C(C)=C\CC)CNc1ncnc2ccc(Br)cc12. The Balaban J connectivity index is 2.13. The van der Waals surface area contributed by atoms with E-state index < -0.39 is 0 Å². The van der Waals surface area contributed by atoms with E-state index in [2.05, 4.69) is 76.3 Å². The Bertz CT molecular complexity index is 760. The first-order chi connectivity index (χ1) is 11.1. The molecule has 0 aliphatic carbocycles. The second kappa shape index (κ2) is 8.63. The first-order valence-corrected chi connectivity index (χ1v) is 8.57. The average Bonchev–Trinajstić information content (AvgIpc) is 2.55. The van der Waals surface area contributed by atoms with E-state index in [1.165, 1.54) is 11.1 Å². The maximum Gasteiger partial charge on any atom is 0.137 e. The van der Waals surface area contributed by atoms with Gasteiger partial charge in [0.1, 0.15) is 12.1 Å². The van der Waals surface area contributed by atoms with Crippen LogP contribution in [0.2, 0.25) is 0 Å². The maximum absolute atomic E-state index is 4.37. The monoisotopic (exact) mass is 371 g/mol. The van der Waals surface area contributed by atoms with Gasteiger partial charge in [0.25, 0.3) is 0 Å².